The highest BCUT2D eigenvalue weighted by Gasteiger charge is 2.18. The van der Waals surface area contributed by atoms with Crippen molar-refractivity contribution in [3.8, 4) is 0 Å². The summed E-state index contributed by atoms with van der Waals surface area (Å²) in [5.41, 5.74) is 1.04. The summed E-state index contributed by atoms with van der Waals surface area (Å²) < 4.78 is 25.2. The maximum absolute atomic E-state index is 12.6. The summed E-state index contributed by atoms with van der Waals surface area (Å²) in [6, 6.07) is 11.4. The summed E-state index contributed by atoms with van der Waals surface area (Å²) in [6.07, 6.45) is 2.70. The highest BCUT2D eigenvalue weighted by Crippen LogP contribution is 2.30. The smallest absolute Gasteiger partial charge is 0.178 e. The van der Waals surface area contributed by atoms with E-state index < -0.39 is 9.84 Å². The van der Waals surface area contributed by atoms with E-state index in [0.717, 1.165) is 35.7 Å². The number of hydrogen-bond acceptors (Lipinski definition) is 3. The molecule has 114 valence electrons. The van der Waals surface area contributed by atoms with E-state index >= 15 is 0 Å². The number of nitrogens with zero attached hydrogens (tertiary/aromatic N) is 1. The highest BCUT2D eigenvalue weighted by atomic mass is 32.2. The summed E-state index contributed by atoms with van der Waals surface area (Å²) in [6.45, 7) is 2.08. The summed E-state index contributed by atoms with van der Waals surface area (Å²) in [4.78, 5) is 2.47. The van der Waals surface area contributed by atoms with Crippen LogP contribution in [-0.4, -0.2) is 28.3 Å². The van der Waals surface area contributed by atoms with Gasteiger partial charge in [-0.25, -0.2) is 8.42 Å². The van der Waals surface area contributed by atoms with Gasteiger partial charge in [0.25, 0.3) is 0 Å². The van der Waals surface area contributed by atoms with Gasteiger partial charge in [-0.3, -0.25) is 0 Å². The van der Waals surface area contributed by atoms with Crippen LogP contribution in [0.2, 0.25) is 0 Å². The predicted molar refractivity (Wildman–Crippen MR) is 89.9 cm³/mol. The van der Waals surface area contributed by atoms with Crippen molar-refractivity contribution in [3.05, 3.63) is 36.4 Å². The van der Waals surface area contributed by atoms with Gasteiger partial charge in [0.15, 0.2) is 9.84 Å². The van der Waals surface area contributed by atoms with Gasteiger partial charge in [-0.15, -0.1) is 0 Å². The van der Waals surface area contributed by atoms with E-state index in [1.165, 1.54) is 0 Å². The summed E-state index contributed by atoms with van der Waals surface area (Å²) in [5.74, 6) is 0.228. The first-order chi connectivity index (χ1) is 9.97. The number of fused-ring (bicyclic) bond motifs is 1. The normalized spacial score (nSPS) is 11.8. The van der Waals surface area contributed by atoms with Gasteiger partial charge in [0.2, 0.25) is 0 Å². The number of benzene rings is 2. The fourth-order valence-electron chi connectivity index (χ4n) is 2.58. The van der Waals surface area contributed by atoms with Crippen LogP contribution >= 0.6 is 0 Å². The number of hydrogen-bond donors (Lipinski definition) is 0. The molecule has 0 heterocycles. The van der Waals surface area contributed by atoms with Crippen LogP contribution in [0.1, 0.15) is 26.2 Å². The van der Waals surface area contributed by atoms with Crippen molar-refractivity contribution < 1.29 is 8.42 Å². The SMILES string of the molecule is CCCCCS(=O)(=O)c1cccc2c(N(C)C)cccc12. The fourth-order valence-corrected chi connectivity index (χ4v) is 4.18. The fraction of sp³-hybridized carbons (Fsp3) is 0.412. The molecule has 0 saturated carbocycles. The van der Waals surface area contributed by atoms with Crippen LogP contribution in [0.25, 0.3) is 10.8 Å². The lowest BCUT2D eigenvalue weighted by Gasteiger charge is -2.17. The molecule has 0 fully saturated rings. The van der Waals surface area contributed by atoms with Gasteiger partial charge in [-0.1, -0.05) is 44.0 Å². The molecule has 0 unspecified atom stereocenters. The van der Waals surface area contributed by atoms with Crippen LogP contribution in [0.4, 0.5) is 5.69 Å². The lowest BCUT2D eigenvalue weighted by Crippen LogP contribution is -2.10. The Morgan fingerprint density at radius 1 is 0.952 bits per heavy atom. The minimum Gasteiger partial charge on any atom is -0.377 e. The molecule has 0 spiro atoms. The third kappa shape index (κ3) is 3.38. The average molecular weight is 305 g/mol. The standard InChI is InChI=1S/C17H23NO2S/c1-4-5-6-13-21(19,20)17-12-8-9-14-15(17)10-7-11-16(14)18(2)3/h7-12H,4-6,13H2,1-3H3. The van der Waals surface area contributed by atoms with E-state index in [2.05, 4.69) is 6.92 Å². The molecule has 0 aromatic heterocycles. The Kier molecular flexibility index (Phi) is 4.88. The molecule has 0 saturated heterocycles. The van der Waals surface area contributed by atoms with Crippen molar-refractivity contribution in [1.29, 1.82) is 0 Å². The molecule has 2 aromatic carbocycles. The number of sulfone groups is 1. The molecule has 4 heteroatoms. The molecule has 21 heavy (non-hydrogen) atoms. The molecular formula is C17H23NO2S. The highest BCUT2D eigenvalue weighted by molar-refractivity contribution is 7.91. The second kappa shape index (κ2) is 6.48. The summed E-state index contributed by atoms with van der Waals surface area (Å²) in [7, 11) is 0.719. The number of unbranched alkanes of at least 4 members (excludes halogenated alkanes) is 2. The molecule has 0 aliphatic rings. The monoisotopic (exact) mass is 305 g/mol. The first kappa shape index (κ1) is 15.8. The van der Waals surface area contributed by atoms with Gasteiger partial charge in [0.1, 0.15) is 0 Å². The molecule has 0 bridgehead atoms. The van der Waals surface area contributed by atoms with Crippen LogP contribution in [-0.2, 0) is 9.84 Å². The molecule has 3 nitrogen and oxygen atoms in total. The summed E-state index contributed by atoms with van der Waals surface area (Å²) in [5, 5.41) is 1.80. The third-order valence-electron chi connectivity index (χ3n) is 3.69. The van der Waals surface area contributed by atoms with Crippen LogP contribution in [0.15, 0.2) is 41.3 Å². The van der Waals surface area contributed by atoms with Gasteiger partial charge >= 0.3 is 0 Å². The Bertz CT molecular complexity index is 721. The zero-order valence-electron chi connectivity index (χ0n) is 13.0. The molecular weight excluding hydrogens is 282 g/mol. The van der Waals surface area contributed by atoms with Gasteiger partial charge < -0.3 is 4.90 Å². The summed E-state index contributed by atoms with van der Waals surface area (Å²) >= 11 is 0. The molecule has 0 radical (unpaired) electrons. The van der Waals surface area contributed by atoms with E-state index in [4.69, 9.17) is 0 Å². The second-order valence-electron chi connectivity index (χ2n) is 5.55. The minimum absolute atomic E-state index is 0.228. The van der Waals surface area contributed by atoms with Gasteiger partial charge in [0, 0.05) is 30.6 Å². The number of anilines is 1. The predicted octanol–water partition coefficient (Wildman–Crippen LogP) is 3.87. The minimum atomic E-state index is -3.22. The Morgan fingerprint density at radius 3 is 2.29 bits per heavy atom. The van der Waals surface area contributed by atoms with Gasteiger partial charge in [-0.05, 0) is 18.6 Å². The Balaban J connectivity index is 2.53. The van der Waals surface area contributed by atoms with E-state index in [1.807, 2.05) is 49.3 Å². The van der Waals surface area contributed by atoms with E-state index in [0.29, 0.717) is 4.90 Å². The Hall–Kier alpha value is -1.55. The molecule has 2 rings (SSSR count). The van der Waals surface area contributed by atoms with Crippen LogP contribution in [0.3, 0.4) is 0 Å². The third-order valence-corrected chi connectivity index (χ3v) is 5.54. The van der Waals surface area contributed by atoms with Crippen molar-refractivity contribution in [2.24, 2.45) is 0 Å². The van der Waals surface area contributed by atoms with E-state index in [9.17, 15) is 8.42 Å². The largest absolute Gasteiger partial charge is 0.377 e. The molecule has 0 aliphatic carbocycles. The van der Waals surface area contributed by atoms with E-state index in [1.54, 1.807) is 6.07 Å². The Morgan fingerprint density at radius 2 is 1.62 bits per heavy atom. The lowest BCUT2D eigenvalue weighted by molar-refractivity contribution is 0.592. The molecule has 0 aliphatic heterocycles. The zero-order chi connectivity index (χ0) is 15.5. The quantitative estimate of drug-likeness (QED) is 0.760. The second-order valence-corrected chi connectivity index (χ2v) is 7.63. The Labute approximate surface area is 127 Å². The van der Waals surface area contributed by atoms with Crippen molar-refractivity contribution in [3.63, 3.8) is 0 Å². The number of rotatable bonds is 6. The molecule has 0 N–H and O–H groups in total. The maximum atomic E-state index is 12.6. The van der Waals surface area contributed by atoms with E-state index in [-0.39, 0.29) is 5.75 Å². The van der Waals surface area contributed by atoms with Crippen LogP contribution < -0.4 is 4.90 Å². The van der Waals surface area contributed by atoms with Crippen molar-refractivity contribution >= 4 is 26.3 Å². The van der Waals surface area contributed by atoms with Crippen molar-refractivity contribution in [1.82, 2.24) is 0 Å². The molecule has 0 atom stereocenters. The topological polar surface area (TPSA) is 37.4 Å². The zero-order valence-corrected chi connectivity index (χ0v) is 13.8. The first-order valence-electron chi connectivity index (χ1n) is 7.39. The van der Waals surface area contributed by atoms with Crippen LogP contribution in [0.5, 0.6) is 0 Å². The first-order valence-corrected chi connectivity index (χ1v) is 9.04. The van der Waals surface area contributed by atoms with Crippen LogP contribution in [0, 0.1) is 0 Å². The van der Waals surface area contributed by atoms with Crippen molar-refractivity contribution in [2.45, 2.75) is 31.1 Å². The average Bonchev–Trinajstić information content (AvgIpc) is 2.46. The molecule has 2 aromatic rings. The van der Waals surface area contributed by atoms with Crippen molar-refractivity contribution in [2.75, 3.05) is 24.7 Å². The molecule has 0 amide bonds. The van der Waals surface area contributed by atoms with Gasteiger partial charge in [0.05, 0.1) is 10.6 Å². The maximum Gasteiger partial charge on any atom is 0.178 e. The lowest BCUT2D eigenvalue weighted by atomic mass is 10.1. The van der Waals surface area contributed by atoms with Gasteiger partial charge in [-0.2, -0.15) is 0 Å².